The highest BCUT2D eigenvalue weighted by atomic mass is 16.3. The molecule has 0 fully saturated rings. The first-order valence-corrected chi connectivity index (χ1v) is 3.93. The Morgan fingerprint density at radius 3 is 0.929 bits per heavy atom. The number of nitrogens with two attached hydrogens (primary N) is 2. The lowest BCUT2D eigenvalue weighted by Crippen LogP contribution is -2.37. The van der Waals surface area contributed by atoms with Crippen LogP contribution in [0, 0.1) is 0 Å². The first-order valence-electron chi connectivity index (χ1n) is 3.93. The second-order valence-electron chi connectivity index (χ2n) is 3.85. The van der Waals surface area contributed by atoms with Crippen molar-refractivity contribution in [3.05, 3.63) is 0 Å². The number of hydrogen-bond donors (Lipinski definition) is 4. The molecule has 0 rings (SSSR count). The van der Waals surface area contributed by atoms with Gasteiger partial charge in [0.25, 0.3) is 0 Å². The Bertz CT molecular complexity index is 188. The first-order chi connectivity index (χ1) is 5.89. The van der Waals surface area contributed by atoms with Gasteiger partial charge in [-0.2, -0.15) is 0 Å². The van der Waals surface area contributed by atoms with Crippen molar-refractivity contribution in [1.82, 2.24) is 0 Å². The van der Waals surface area contributed by atoms with Gasteiger partial charge >= 0.3 is 0 Å². The molecule has 0 atom stereocenters. The summed E-state index contributed by atoms with van der Waals surface area (Å²) in [7, 11) is 0. The lowest BCUT2D eigenvalue weighted by atomic mass is 10.1. The van der Waals surface area contributed by atoms with Crippen LogP contribution >= 0.6 is 0 Å². The van der Waals surface area contributed by atoms with Crippen LogP contribution in [0.5, 0.6) is 0 Å². The largest absolute Gasteiger partial charge is 0.381 e. The van der Waals surface area contributed by atoms with Gasteiger partial charge < -0.3 is 21.7 Å². The van der Waals surface area contributed by atoms with Crippen LogP contribution in [0.1, 0.15) is 27.7 Å². The molecule has 6 N–H and O–H groups in total. The highest BCUT2D eigenvalue weighted by Gasteiger charge is 2.19. The van der Waals surface area contributed by atoms with Crippen molar-refractivity contribution in [2.24, 2.45) is 11.5 Å². The predicted molar refractivity (Wildman–Crippen MR) is 51.0 cm³/mol. The summed E-state index contributed by atoms with van der Waals surface area (Å²) >= 11 is 0. The quantitative estimate of drug-likeness (QED) is 0.437. The van der Waals surface area contributed by atoms with E-state index in [2.05, 4.69) is 11.5 Å². The van der Waals surface area contributed by atoms with Crippen LogP contribution in [0.4, 0.5) is 0 Å². The molecular formula is C8H18N2O4. The highest BCUT2D eigenvalue weighted by molar-refractivity contribution is 5.82. The van der Waals surface area contributed by atoms with Crippen molar-refractivity contribution >= 4 is 11.8 Å². The van der Waals surface area contributed by atoms with Gasteiger partial charge in [0.15, 0.2) is 0 Å². The van der Waals surface area contributed by atoms with Crippen LogP contribution in [-0.2, 0) is 9.59 Å². The number of rotatable bonds is 2. The van der Waals surface area contributed by atoms with E-state index in [-0.39, 0.29) is 0 Å². The van der Waals surface area contributed by atoms with Crippen molar-refractivity contribution in [2.45, 2.75) is 38.9 Å². The third-order valence-corrected chi connectivity index (χ3v) is 1.21. The van der Waals surface area contributed by atoms with Crippen LogP contribution in [0.2, 0.25) is 0 Å². The zero-order chi connectivity index (χ0) is 12.2. The van der Waals surface area contributed by atoms with Crippen molar-refractivity contribution in [3.63, 3.8) is 0 Å². The molecule has 0 aliphatic heterocycles. The second-order valence-corrected chi connectivity index (χ2v) is 3.85. The minimum Gasteiger partial charge on any atom is -0.381 e. The van der Waals surface area contributed by atoms with Gasteiger partial charge in [-0.15, -0.1) is 0 Å². The molecule has 0 unspecified atom stereocenters. The number of aliphatic hydroxyl groups is 2. The molecule has 0 radical (unpaired) electrons. The van der Waals surface area contributed by atoms with Gasteiger partial charge in [-0.3, -0.25) is 9.59 Å². The summed E-state index contributed by atoms with van der Waals surface area (Å²) in [5, 5.41) is 17.2. The normalized spacial score (nSPS) is 11.3. The molecule has 0 aliphatic carbocycles. The average Bonchev–Trinajstić information content (AvgIpc) is 1.83. The minimum absolute atomic E-state index is 0.701. The maximum Gasteiger partial charge on any atom is 0.248 e. The van der Waals surface area contributed by atoms with Gasteiger partial charge in [-0.05, 0) is 27.7 Å². The standard InChI is InChI=1S/2C4H9NO2/c2*1-4(2,7)3(5)6/h2*7H,1-2H3,(H2,5,6). The third kappa shape index (κ3) is 8.95. The smallest absolute Gasteiger partial charge is 0.248 e. The Hall–Kier alpha value is -1.14. The summed E-state index contributed by atoms with van der Waals surface area (Å²) in [5.74, 6) is -1.40. The number of carbonyl (C=O) groups excluding carboxylic acids is 2. The fourth-order valence-electron chi connectivity index (χ4n) is 0. The molecule has 84 valence electrons. The zero-order valence-electron chi connectivity index (χ0n) is 8.87. The van der Waals surface area contributed by atoms with Crippen LogP contribution in [0.25, 0.3) is 0 Å². The molecule has 0 spiro atoms. The molecule has 0 bridgehead atoms. The van der Waals surface area contributed by atoms with E-state index in [4.69, 9.17) is 10.2 Å². The number of hydrogen-bond acceptors (Lipinski definition) is 4. The molecule has 0 aromatic carbocycles. The fraction of sp³-hybridized carbons (Fsp3) is 0.750. The maximum absolute atomic E-state index is 9.99. The Morgan fingerprint density at radius 2 is 0.929 bits per heavy atom. The summed E-state index contributed by atoms with van der Waals surface area (Å²) in [5.41, 5.74) is 6.64. The van der Waals surface area contributed by atoms with E-state index in [9.17, 15) is 9.59 Å². The number of primary amides is 2. The van der Waals surface area contributed by atoms with E-state index in [0.29, 0.717) is 0 Å². The Morgan fingerprint density at radius 1 is 0.857 bits per heavy atom. The molecule has 0 saturated carbocycles. The summed E-state index contributed by atoms with van der Waals surface area (Å²) in [6.45, 7) is 5.37. The Balaban J connectivity index is 0. The van der Waals surface area contributed by atoms with E-state index in [0.717, 1.165) is 0 Å². The van der Waals surface area contributed by atoms with Crippen LogP contribution < -0.4 is 11.5 Å². The Kier molecular flexibility index (Phi) is 5.39. The van der Waals surface area contributed by atoms with Gasteiger partial charge in [0.1, 0.15) is 11.2 Å². The van der Waals surface area contributed by atoms with Crippen molar-refractivity contribution in [3.8, 4) is 0 Å². The molecule has 6 nitrogen and oxygen atoms in total. The average molecular weight is 206 g/mol. The lowest BCUT2D eigenvalue weighted by Gasteiger charge is -2.09. The summed E-state index contributed by atoms with van der Waals surface area (Å²) < 4.78 is 0. The highest BCUT2D eigenvalue weighted by Crippen LogP contribution is 1.96. The summed E-state index contributed by atoms with van der Waals surface area (Å²) in [6.07, 6.45) is 0. The summed E-state index contributed by atoms with van der Waals surface area (Å²) in [6, 6.07) is 0. The molecule has 0 aromatic rings. The third-order valence-electron chi connectivity index (χ3n) is 1.21. The van der Waals surface area contributed by atoms with E-state index in [1.165, 1.54) is 27.7 Å². The fourth-order valence-corrected chi connectivity index (χ4v) is 0. The summed E-state index contributed by atoms with van der Waals surface area (Å²) in [4.78, 5) is 20.0. The molecule has 0 heterocycles. The van der Waals surface area contributed by atoms with Gasteiger partial charge in [0.05, 0.1) is 0 Å². The monoisotopic (exact) mass is 206 g/mol. The van der Waals surface area contributed by atoms with Crippen LogP contribution in [0.15, 0.2) is 0 Å². The van der Waals surface area contributed by atoms with Crippen molar-refractivity contribution < 1.29 is 19.8 Å². The number of carbonyl (C=O) groups is 2. The van der Waals surface area contributed by atoms with E-state index < -0.39 is 23.0 Å². The number of amides is 2. The lowest BCUT2D eigenvalue weighted by molar-refractivity contribution is -0.133. The molecule has 0 saturated heterocycles. The second kappa shape index (κ2) is 4.92. The van der Waals surface area contributed by atoms with E-state index >= 15 is 0 Å². The predicted octanol–water partition coefficient (Wildman–Crippen LogP) is -1.51. The SMILES string of the molecule is CC(C)(O)C(N)=O.CC(C)(O)C(N)=O. The minimum atomic E-state index is -1.36. The van der Waals surface area contributed by atoms with Crippen LogP contribution in [0.3, 0.4) is 0 Å². The first kappa shape index (κ1) is 15.3. The topological polar surface area (TPSA) is 127 Å². The molecule has 6 heteroatoms. The van der Waals surface area contributed by atoms with Crippen molar-refractivity contribution in [1.29, 1.82) is 0 Å². The molecule has 0 aromatic heterocycles. The van der Waals surface area contributed by atoms with Crippen molar-refractivity contribution in [2.75, 3.05) is 0 Å². The molecule has 14 heavy (non-hydrogen) atoms. The van der Waals surface area contributed by atoms with Gasteiger partial charge in [-0.1, -0.05) is 0 Å². The van der Waals surface area contributed by atoms with Gasteiger partial charge in [0.2, 0.25) is 11.8 Å². The molecule has 0 aliphatic rings. The van der Waals surface area contributed by atoms with Gasteiger partial charge in [-0.25, -0.2) is 0 Å². The van der Waals surface area contributed by atoms with E-state index in [1.807, 2.05) is 0 Å². The molecule has 2 amide bonds. The van der Waals surface area contributed by atoms with Gasteiger partial charge in [0, 0.05) is 0 Å². The Labute approximate surface area is 82.9 Å². The van der Waals surface area contributed by atoms with Crippen LogP contribution in [-0.4, -0.2) is 33.2 Å². The molecular weight excluding hydrogens is 188 g/mol. The maximum atomic E-state index is 9.99. The zero-order valence-corrected chi connectivity index (χ0v) is 8.87. The van der Waals surface area contributed by atoms with E-state index in [1.54, 1.807) is 0 Å².